The number of amides is 1. The number of ether oxygens (including phenoxy) is 1. The number of carbonyl (C=O) groups excluding carboxylic acids is 1. The molecule has 0 atom stereocenters. The lowest BCUT2D eigenvalue weighted by atomic mass is 10.0. The average molecular weight is 403 g/mol. The molecule has 0 aliphatic heterocycles. The number of methoxy groups -OCH3 is 1. The number of pyridine rings is 1. The van der Waals surface area contributed by atoms with Gasteiger partial charge in [0.2, 0.25) is 0 Å². The Balaban J connectivity index is 2.41. The Labute approximate surface area is 164 Å². The van der Waals surface area contributed by atoms with Crippen LogP contribution in [-0.2, 0) is 0 Å². The third-order valence-corrected chi connectivity index (χ3v) is 4.64. The topological polar surface area (TPSA) is 118 Å². The Kier molecular flexibility index (Phi) is 5.10. The Morgan fingerprint density at radius 3 is 2.52 bits per heavy atom. The van der Waals surface area contributed by atoms with E-state index in [9.17, 15) is 18.4 Å². The van der Waals surface area contributed by atoms with E-state index < -0.39 is 18.0 Å². The van der Waals surface area contributed by atoms with Crippen molar-refractivity contribution in [2.24, 2.45) is 5.73 Å². The Morgan fingerprint density at radius 2 is 1.97 bits per heavy atom. The first-order valence-corrected chi connectivity index (χ1v) is 8.50. The zero-order valence-corrected chi connectivity index (χ0v) is 15.9. The quantitative estimate of drug-likeness (QED) is 0.678. The predicted octanol–water partition coefficient (Wildman–Crippen LogP) is 2.40. The van der Waals surface area contributed by atoms with E-state index >= 15 is 0 Å². The van der Waals surface area contributed by atoms with Crippen LogP contribution in [0, 0.1) is 13.8 Å². The number of carbonyl (C=O) groups is 1. The molecule has 0 bridgehead atoms. The molecule has 0 aliphatic carbocycles. The molecule has 1 amide bonds. The molecule has 8 nitrogen and oxygen atoms in total. The number of aryl methyl sites for hydroxylation is 1. The number of anilines is 1. The summed E-state index contributed by atoms with van der Waals surface area (Å²) in [6.07, 6.45) is 2.12. The van der Waals surface area contributed by atoms with Crippen molar-refractivity contribution in [1.29, 1.82) is 0 Å². The summed E-state index contributed by atoms with van der Waals surface area (Å²) in [7, 11) is 1.48. The highest BCUT2D eigenvalue weighted by Gasteiger charge is 2.22. The predicted molar refractivity (Wildman–Crippen MR) is 103 cm³/mol. The highest BCUT2D eigenvalue weighted by atomic mass is 19.3. The van der Waals surface area contributed by atoms with Crippen LogP contribution in [-0.4, -0.2) is 27.4 Å². The van der Waals surface area contributed by atoms with Gasteiger partial charge >= 0.3 is 6.55 Å². The van der Waals surface area contributed by atoms with Crippen LogP contribution >= 0.6 is 0 Å². The molecule has 0 fully saturated rings. The maximum Gasteiger partial charge on any atom is 0.333 e. The van der Waals surface area contributed by atoms with Gasteiger partial charge in [-0.3, -0.25) is 14.2 Å². The van der Waals surface area contributed by atoms with Crippen LogP contribution in [0.5, 0.6) is 5.75 Å². The fourth-order valence-electron chi connectivity index (χ4n) is 3.22. The van der Waals surface area contributed by atoms with Crippen molar-refractivity contribution < 1.29 is 18.3 Å². The fourth-order valence-corrected chi connectivity index (χ4v) is 3.22. The van der Waals surface area contributed by atoms with Gasteiger partial charge in [0.05, 0.1) is 30.1 Å². The number of hydrogen-bond donors (Lipinski definition) is 2. The number of rotatable bonds is 5. The van der Waals surface area contributed by atoms with E-state index in [1.165, 1.54) is 13.2 Å². The standard InChI is InChI=1S/C19H19F2N5O3/c1-9-4-5-14(29-3)10(2)15(9)26-16(22)13(17(23)27)6-12(18(26)28)11-7-24-25(8-11)19(20)21/h4-8,19H,22H2,1-3H3,(H2,23,27). The van der Waals surface area contributed by atoms with Crippen LogP contribution < -0.4 is 21.8 Å². The minimum Gasteiger partial charge on any atom is -0.496 e. The first-order valence-electron chi connectivity index (χ1n) is 8.50. The first kappa shape index (κ1) is 20.1. The minimum atomic E-state index is -2.88. The van der Waals surface area contributed by atoms with Gasteiger partial charge in [0.25, 0.3) is 11.5 Å². The molecule has 4 N–H and O–H groups in total. The van der Waals surface area contributed by atoms with Gasteiger partial charge in [-0.15, -0.1) is 0 Å². The number of nitrogens with zero attached hydrogens (tertiary/aromatic N) is 3. The maximum atomic E-state index is 13.3. The lowest BCUT2D eigenvalue weighted by Crippen LogP contribution is -2.28. The highest BCUT2D eigenvalue weighted by Crippen LogP contribution is 2.30. The molecule has 0 saturated carbocycles. The number of primary amides is 1. The molecule has 2 heterocycles. The van der Waals surface area contributed by atoms with Crippen molar-refractivity contribution >= 4 is 11.7 Å². The van der Waals surface area contributed by atoms with Gasteiger partial charge < -0.3 is 16.2 Å². The van der Waals surface area contributed by atoms with E-state index in [0.717, 1.165) is 17.0 Å². The van der Waals surface area contributed by atoms with Gasteiger partial charge in [-0.2, -0.15) is 13.9 Å². The van der Waals surface area contributed by atoms with Crippen LogP contribution in [0.15, 0.2) is 35.4 Å². The molecule has 0 radical (unpaired) electrons. The van der Waals surface area contributed by atoms with Gasteiger partial charge in [0.15, 0.2) is 0 Å². The van der Waals surface area contributed by atoms with Crippen molar-refractivity contribution in [3.63, 3.8) is 0 Å². The van der Waals surface area contributed by atoms with Crippen molar-refractivity contribution in [3.8, 4) is 22.6 Å². The zero-order chi connectivity index (χ0) is 21.5. The fraction of sp³-hybridized carbons (Fsp3) is 0.211. The Bertz CT molecular complexity index is 1170. The van der Waals surface area contributed by atoms with E-state index in [2.05, 4.69) is 5.10 Å². The van der Waals surface area contributed by atoms with Crippen molar-refractivity contribution in [3.05, 3.63) is 57.6 Å². The van der Waals surface area contributed by atoms with E-state index in [1.807, 2.05) is 0 Å². The third-order valence-electron chi connectivity index (χ3n) is 4.64. The van der Waals surface area contributed by atoms with E-state index in [0.29, 0.717) is 27.2 Å². The van der Waals surface area contributed by atoms with Gasteiger partial charge in [0, 0.05) is 17.3 Å². The smallest absolute Gasteiger partial charge is 0.333 e. The molecule has 29 heavy (non-hydrogen) atoms. The largest absolute Gasteiger partial charge is 0.496 e. The normalized spacial score (nSPS) is 11.1. The Morgan fingerprint density at radius 1 is 1.28 bits per heavy atom. The summed E-state index contributed by atoms with van der Waals surface area (Å²) in [5.74, 6) is -0.516. The summed E-state index contributed by atoms with van der Waals surface area (Å²) < 4.78 is 32.7. The van der Waals surface area contributed by atoms with Crippen LogP contribution in [0.3, 0.4) is 0 Å². The lowest BCUT2D eigenvalue weighted by Gasteiger charge is -2.19. The summed E-state index contributed by atoms with van der Waals surface area (Å²) in [6.45, 7) is 0.621. The third kappa shape index (κ3) is 3.33. The molecule has 1 aromatic carbocycles. The number of nitrogen functional groups attached to an aromatic ring is 1. The monoisotopic (exact) mass is 403 g/mol. The molecule has 2 aromatic heterocycles. The van der Waals surface area contributed by atoms with E-state index in [1.54, 1.807) is 26.0 Å². The number of alkyl halides is 2. The SMILES string of the molecule is COc1ccc(C)c(-n2c(N)c(C(N)=O)cc(-c3cnn(C(F)F)c3)c2=O)c1C. The lowest BCUT2D eigenvalue weighted by molar-refractivity contribution is 0.0566. The molecule has 0 aliphatic rings. The van der Waals surface area contributed by atoms with Crippen LogP contribution in [0.25, 0.3) is 16.8 Å². The van der Waals surface area contributed by atoms with Crippen molar-refractivity contribution in [2.45, 2.75) is 20.4 Å². The number of aromatic nitrogens is 3. The summed E-state index contributed by atoms with van der Waals surface area (Å²) in [4.78, 5) is 25.3. The second kappa shape index (κ2) is 7.38. The second-order valence-electron chi connectivity index (χ2n) is 6.41. The number of halogens is 2. The summed E-state index contributed by atoms with van der Waals surface area (Å²) in [6, 6.07) is 4.66. The number of benzene rings is 1. The summed E-state index contributed by atoms with van der Waals surface area (Å²) in [5.41, 5.74) is 12.6. The first-order chi connectivity index (χ1) is 13.7. The number of hydrogen-bond acceptors (Lipinski definition) is 5. The molecule has 3 aromatic rings. The van der Waals surface area contributed by atoms with Crippen LogP contribution in [0.1, 0.15) is 28.0 Å². The Hall–Kier alpha value is -3.69. The zero-order valence-electron chi connectivity index (χ0n) is 15.9. The van der Waals surface area contributed by atoms with E-state index in [4.69, 9.17) is 16.2 Å². The van der Waals surface area contributed by atoms with Crippen molar-refractivity contribution in [2.75, 3.05) is 12.8 Å². The summed E-state index contributed by atoms with van der Waals surface area (Å²) >= 11 is 0. The van der Waals surface area contributed by atoms with Crippen molar-refractivity contribution in [1.82, 2.24) is 14.3 Å². The maximum absolute atomic E-state index is 13.3. The van der Waals surface area contributed by atoms with Gasteiger partial charge in [-0.05, 0) is 31.5 Å². The summed E-state index contributed by atoms with van der Waals surface area (Å²) in [5, 5.41) is 3.55. The number of nitrogens with two attached hydrogens (primary N) is 2. The molecular formula is C19H19F2N5O3. The molecule has 0 spiro atoms. The molecule has 152 valence electrons. The average Bonchev–Trinajstić information content (AvgIpc) is 3.14. The van der Waals surface area contributed by atoms with E-state index in [-0.39, 0.29) is 22.5 Å². The van der Waals surface area contributed by atoms with Crippen LogP contribution in [0.2, 0.25) is 0 Å². The van der Waals surface area contributed by atoms with Gasteiger partial charge in [-0.25, -0.2) is 4.68 Å². The van der Waals surface area contributed by atoms with Gasteiger partial charge in [0.1, 0.15) is 11.6 Å². The minimum absolute atomic E-state index is 0.0403. The second-order valence-corrected chi connectivity index (χ2v) is 6.41. The van der Waals surface area contributed by atoms with Gasteiger partial charge in [-0.1, -0.05) is 6.07 Å². The highest BCUT2D eigenvalue weighted by molar-refractivity contribution is 5.98. The molecule has 0 unspecified atom stereocenters. The molecule has 10 heteroatoms. The van der Waals surface area contributed by atoms with Crippen LogP contribution in [0.4, 0.5) is 14.6 Å². The molecule has 0 saturated heterocycles. The molecular weight excluding hydrogens is 384 g/mol. The molecule has 3 rings (SSSR count).